The molecule has 0 atom stereocenters. The number of hydrogen-bond acceptors (Lipinski definition) is 5. The van der Waals surface area contributed by atoms with Crippen molar-refractivity contribution in [1.82, 2.24) is 20.3 Å². The van der Waals surface area contributed by atoms with Gasteiger partial charge in [0.1, 0.15) is 6.61 Å². The van der Waals surface area contributed by atoms with Gasteiger partial charge in [-0.15, -0.1) is 16.4 Å². The molecule has 0 aliphatic heterocycles. The van der Waals surface area contributed by atoms with Crippen molar-refractivity contribution < 1.29 is 9.90 Å². The molecule has 0 aromatic carbocycles. The molecular formula is C12H12N4O2S. The van der Waals surface area contributed by atoms with E-state index in [2.05, 4.69) is 27.5 Å². The summed E-state index contributed by atoms with van der Waals surface area (Å²) >= 11 is 1.30. The molecule has 0 spiro atoms. The van der Waals surface area contributed by atoms with Crippen molar-refractivity contribution in [3.8, 4) is 11.8 Å². The van der Waals surface area contributed by atoms with Crippen molar-refractivity contribution >= 4 is 17.2 Å². The van der Waals surface area contributed by atoms with Crippen LogP contribution in [0.15, 0.2) is 24.5 Å². The molecule has 0 radical (unpaired) electrons. The zero-order valence-corrected chi connectivity index (χ0v) is 10.9. The fourth-order valence-electron chi connectivity index (χ4n) is 1.38. The van der Waals surface area contributed by atoms with Crippen LogP contribution in [0.1, 0.15) is 14.5 Å². The summed E-state index contributed by atoms with van der Waals surface area (Å²) in [4.78, 5) is 13.2. The Morgan fingerprint density at radius 1 is 1.53 bits per heavy atom. The summed E-state index contributed by atoms with van der Waals surface area (Å²) < 4.78 is 1.65. The number of nitrogens with one attached hydrogen (secondary N) is 1. The molecule has 98 valence electrons. The first-order valence-corrected chi connectivity index (χ1v) is 6.43. The van der Waals surface area contributed by atoms with E-state index in [-0.39, 0.29) is 12.5 Å². The van der Waals surface area contributed by atoms with Crippen LogP contribution in [0.5, 0.6) is 0 Å². The maximum atomic E-state index is 11.8. The number of aliphatic hydroxyl groups is 1. The van der Waals surface area contributed by atoms with Crippen molar-refractivity contribution in [2.45, 2.75) is 6.54 Å². The molecule has 2 heterocycles. The molecule has 19 heavy (non-hydrogen) atoms. The predicted molar refractivity (Wildman–Crippen MR) is 70.6 cm³/mol. The molecule has 2 aromatic rings. The van der Waals surface area contributed by atoms with E-state index < -0.39 is 0 Å². The summed E-state index contributed by atoms with van der Waals surface area (Å²) in [6.07, 6.45) is 3.33. The Morgan fingerprint density at radius 2 is 2.42 bits per heavy atom. The van der Waals surface area contributed by atoms with E-state index in [1.165, 1.54) is 11.3 Å². The van der Waals surface area contributed by atoms with E-state index in [0.717, 1.165) is 4.88 Å². The molecule has 2 rings (SSSR count). The third-order valence-electron chi connectivity index (χ3n) is 2.22. The Labute approximate surface area is 114 Å². The van der Waals surface area contributed by atoms with Crippen LogP contribution in [-0.2, 0) is 6.54 Å². The standard InChI is InChI=1S/C12H12N4O2S/c17-9-1-2-10-3-4-11(19-10)12(18)13-5-7-16-8-6-14-15-16/h3-4,6,8,17H,5,7,9H2,(H,13,18). The first-order valence-electron chi connectivity index (χ1n) is 5.61. The largest absolute Gasteiger partial charge is 0.384 e. The lowest BCUT2D eigenvalue weighted by atomic mass is 10.4. The van der Waals surface area contributed by atoms with Gasteiger partial charge >= 0.3 is 0 Å². The highest BCUT2D eigenvalue weighted by molar-refractivity contribution is 7.14. The van der Waals surface area contributed by atoms with Crippen molar-refractivity contribution in [2.24, 2.45) is 0 Å². The zero-order valence-electron chi connectivity index (χ0n) is 10.0. The summed E-state index contributed by atoms with van der Waals surface area (Å²) in [5.41, 5.74) is 0. The van der Waals surface area contributed by atoms with Gasteiger partial charge in [-0.25, -0.2) is 0 Å². The summed E-state index contributed by atoms with van der Waals surface area (Å²) in [6, 6.07) is 3.48. The Balaban J connectivity index is 1.84. The summed E-state index contributed by atoms with van der Waals surface area (Å²) in [5.74, 6) is 5.17. The lowest BCUT2D eigenvalue weighted by Gasteiger charge is -2.02. The molecule has 0 aliphatic carbocycles. The average molecular weight is 276 g/mol. The Hall–Kier alpha value is -2.17. The van der Waals surface area contributed by atoms with E-state index in [4.69, 9.17) is 5.11 Å². The lowest BCUT2D eigenvalue weighted by Crippen LogP contribution is -2.26. The molecular weight excluding hydrogens is 264 g/mol. The van der Waals surface area contributed by atoms with Gasteiger partial charge < -0.3 is 10.4 Å². The van der Waals surface area contributed by atoms with Crippen LogP contribution in [0.4, 0.5) is 0 Å². The minimum absolute atomic E-state index is 0.137. The van der Waals surface area contributed by atoms with Crippen molar-refractivity contribution in [2.75, 3.05) is 13.2 Å². The number of rotatable bonds is 4. The fraction of sp³-hybridized carbons (Fsp3) is 0.250. The first-order chi connectivity index (χ1) is 9.29. The number of aromatic nitrogens is 3. The average Bonchev–Trinajstić information content (AvgIpc) is 3.07. The molecule has 2 N–H and O–H groups in total. The minimum Gasteiger partial charge on any atom is -0.384 e. The van der Waals surface area contributed by atoms with E-state index in [1.54, 1.807) is 29.2 Å². The fourth-order valence-corrected chi connectivity index (χ4v) is 2.17. The van der Waals surface area contributed by atoms with Gasteiger partial charge in [-0.1, -0.05) is 17.1 Å². The van der Waals surface area contributed by atoms with Gasteiger partial charge in [0.15, 0.2) is 0 Å². The van der Waals surface area contributed by atoms with Crippen LogP contribution < -0.4 is 5.32 Å². The minimum atomic E-state index is -0.183. The van der Waals surface area contributed by atoms with E-state index in [1.807, 2.05) is 0 Å². The second kappa shape index (κ2) is 6.68. The van der Waals surface area contributed by atoms with Gasteiger partial charge in [0.05, 0.1) is 22.5 Å². The third-order valence-corrected chi connectivity index (χ3v) is 3.22. The summed E-state index contributed by atoms with van der Waals surface area (Å²) in [7, 11) is 0. The van der Waals surface area contributed by atoms with Crippen molar-refractivity contribution in [3.05, 3.63) is 34.3 Å². The maximum absolute atomic E-state index is 11.8. The maximum Gasteiger partial charge on any atom is 0.261 e. The van der Waals surface area contributed by atoms with Gasteiger partial charge in [-0.3, -0.25) is 9.48 Å². The number of aliphatic hydroxyl groups excluding tert-OH is 1. The summed E-state index contributed by atoms with van der Waals surface area (Å²) in [6.45, 7) is 0.878. The Bertz CT molecular complexity index is 595. The molecule has 0 unspecified atom stereocenters. The number of carbonyl (C=O) groups is 1. The second-order valence-electron chi connectivity index (χ2n) is 3.55. The Kier molecular flexibility index (Phi) is 4.66. The van der Waals surface area contributed by atoms with Crippen LogP contribution in [0.3, 0.4) is 0 Å². The van der Waals surface area contributed by atoms with Gasteiger partial charge in [-0.2, -0.15) is 0 Å². The number of carbonyl (C=O) groups excluding carboxylic acids is 1. The van der Waals surface area contributed by atoms with E-state index in [9.17, 15) is 4.79 Å². The Morgan fingerprint density at radius 3 is 3.16 bits per heavy atom. The molecule has 7 heteroatoms. The van der Waals surface area contributed by atoms with Crippen LogP contribution in [0.2, 0.25) is 0 Å². The predicted octanol–water partition coefficient (Wildman–Crippen LogP) is 0.113. The molecule has 0 saturated carbocycles. The molecule has 0 bridgehead atoms. The molecule has 2 aromatic heterocycles. The van der Waals surface area contributed by atoms with E-state index in [0.29, 0.717) is 18.0 Å². The number of thiophene rings is 1. The zero-order chi connectivity index (χ0) is 13.5. The third kappa shape index (κ3) is 3.91. The second-order valence-corrected chi connectivity index (χ2v) is 4.63. The van der Waals surface area contributed by atoms with Gasteiger partial charge in [0.25, 0.3) is 5.91 Å². The lowest BCUT2D eigenvalue weighted by molar-refractivity contribution is 0.0956. The molecule has 0 saturated heterocycles. The topological polar surface area (TPSA) is 80.0 Å². The normalized spacial score (nSPS) is 9.74. The monoisotopic (exact) mass is 276 g/mol. The quantitative estimate of drug-likeness (QED) is 0.777. The van der Waals surface area contributed by atoms with E-state index >= 15 is 0 Å². The van der Waals surface area contributed by atoms with Crippen molar-refractivity contribution in [3.63, 3.8) is 0 Å². The first kappa shape index (κ1) is 13.3. The SMILES string of the molecule is O=C(NCCn1ccnn1)c1ccc(C#CCO)s1. The smallest absolute Gasteiger partial charge is 0.261 e. The van der Waals surface area contributed by atoms with Crippen LogP contribution in [-0.4, -0.2) is 39.2 Å². The van der Waals surface area contributed by atoms with Crippen LogP contribution in [0.25, 0.3) is 0 Å². The molecule has 0 aliphatic rings. The number of hydrogen-bond donors (Lipinski definition) is 2. The molecule has 0 fully saturated rings. The van der Waals surface area contributed by atoms with Gasteiger partial charge in [-0.05, 0) is 12.1 Å². The number of amides is 1. The highest BCUT2D eigenvalue weighted by atomic mass is 32.1. The van der Waals surface area contributed by atoms with Gasteiger partial charge in [0.2, 0.25) is 0 Å². The molecule has 1 amide bonds. The molecule has 6 nitrogen and oxygen atoms in total. The van der Waals surface area contributed by atoms with Crippen molar-refractivity contribution in [1.29, 1.82) is 0 Å². The van der Waals surface area contributed by atoms with Crippen LogP contribution >= 0.6 is 11.3 Å². The summed E-state index contributed by atoms with van der Waals surface area (Å²) in [5, 5.41) is 18.9. The highest BCUT2D eigenvalue weighted by Crippen LogP contribution is 2.14. The van der Waals surface area contributed by atoms with Crippen LogP contribution in [0, 0.1) is 11.8 Å². The van der Waals surface area contributed by atoms with Gasteiger partial charge in [0, 0.05) is 12.7 Å². The number of nitrogens with zero attached hydrogens (tertiary/aromatic N) is 3. The highest BCUT2D eigenvalue weighted by Gasteiger charge is 2.07.